The molecule has 1 fully saturated rings. The van der Waals surface area contributed by atoms with Crippen LogP contribution in [0.4, 0.5) is 4.39 Å². The van der Waals surface area contributed by atoms with Crippen LogP contribution >= 0.6 is 0 Å². The van der Waals surface area contributed by atoms with Gasteiger partial charge in [0.2, 0.25) is 5.91 Å². The molecule has 2 unspecified atom stereocenters. The number of fused-ring (bicyclic) bond motifs is 3. The number of primary amides is 1. The van der Waals surface area contributed by atoms with E-state index in [-0.39, 0.29) is 42.7 Å². The number of amides is 1. The summed E-state index contributed by atoms with van der Waals surface area (Å²) in [6.45, 7) is 0.0741. The minimum atomic E-state index is -2.56. The molecule has 0 bridgehead atoms. The highest BCUT2D eigenvalue weighted by molar-refractivity contribution is 6.16. The number of benzene rings is 2. The van der Waals surface area contributed by atoms with Gasteiger partial charge in [0, 0.05) is 30.1 Å². The Kier molecular flexibility index (Phi) is 7.15. The molecule has 212 valence electrons. The topological polar surface area (TPSA) is 179 Å². The second-order valence-electron chi connectivity index (χ2n) is 10.6. The standard InChI is InChI=1S/C29H31FN2O8/c1-40-21-5-2-13(12-32-7-6-30)8-17(21)16-3-4-19(33)23-18(16)10-14-9-15-11-20(34)24(28(31)38)27(37)29(15,39)26(36)22(14)25(23)35/h2-5,8,14-15,20,24,32-34,36,39H,6-7,9-12H2,1H3,(H2,31,38)/t14-,15+,20?,24?,29+/m1/s1. The fourth-order valence-corrected chi connectivity index (χ4v) is 6.55. The molecule has 1 amide bonds. The smallest absolute Gasteiger partial charge is 0.230 e. The molecule has 3 aliphatic carbocycles. The van der Waals surface area contributed by atoms with E-state index in [2.05, 4.69) is 5.32 Å². The predicted molar refractivity (Wildman–Crippen MR) is 140 cm³/mol. The number of phenolic OH excluding ortho intramolecular Hbond substituents is 1. The molecular formula is C29H31FN2O8. The maximum atomic E-state index is 13.8. The minimum Gasteiger partial charge on any atom is -0.508 e. The number of aromatic hydroxyl groups is 1. The van der Waals surface area contributed by atoms with Crippen LogP contribution in [0, 0.1) is 17.8 Å². The number of ketones is 2. The van der Waals surface area contributed by atoms with Crippen LogP contribution in [-0.4, -0.2) is 69.9 Å². The molecule has 1 saturated carbocycles. The van der Waals surface area contributed by atoms with Gasteiger partial charge in [-0.05, 0) is 60.1 Å². The molecule has 2 aromatic carbocycles. The number of carbonyl (C=O) groups is 3. The summed E-state index contributed by atoms with van der Waals surface area (Å²) < 4.78 is 18.2. The van der Waals surface area contributed by atoms with Gasteiger partial charge in [-0.3, -0.25) is 14.4 Å². The predicted octanol–water partition coefficient (Wildman–Crippen LogP) is 1.48. The number of ether oxygens (including phenoxy) is 1. The van der Waals surface area contributed by atoms with Crippen molar-refractivity contribution < 1.29 is 43.9 Å². The lowest BCUT2D eigenvalue weighted by Gasteiger charge is -2.48. The number of carbonyl (C=O) groups excluding carboxylic acids is 3. The van der Waals surface area contributed by atoms with Crippen LogP contribution in [0.2, 0.25) is 0 Å². The first-order valence-corrected chi connectivity index (χ1v) is 13.1. The summed E-state index contributed by atoms with van der Waals surface area (Å²) in [5.41, 5.74) is 5.05. The van der Waals surface area contributed by atoms with Gasteiger partial charge in [0.25, 0.3) is 0 Å². The third-order valence-electron chi connectivity index (χ3n) is 8.43. The highest BCUT2D eigenvalue weighted by Crippen LogP contribution is 2.53. The number of halogens is 1. The monoisotopic (exact) mass is 554 g/mol. The lowest BCUT2D eigenvalue weighted by Crippen LogP contribution is -2.63. The van der Waals surface area contributed by atoms with Crippen LogP contribution in [0.25, 0.3) is 11.1 Å². The zero-order valence-electron chi connectivity index (χ0n) is 21.8. The summed E-state index contributed by atoms with van der Waals surface area (Å²) in [5.74, 6) is -7.06. The number of rotatable bonds is 7. The van der Waals surface area contributed by atoms with E-state index in [1.807, 2.05) is 12.1 Å². The highest BCUT2D eigenvalue weighted by atomic mass is 19.1. The van der Waals surface area contributed by atoms with Gasteiger partial charge >= 0.3 is 0 Å². The number of aliphatic hydroxyl groups excluding tert-OH is 2. The molecule has 11 heteroatoms. The molecule has 2 aromatic rings. The van der Waals surface area contributed by atoms with Gasteiger partial charge in [-0.1, -0.05) is 12.1 Å². The van der Waals surface area contributed by atoms with Gasteiger partial charge < -0.3 is 36.2 Å². The average Bonchev–Trinajstić information content (AvgIpc) is 2.91. The molecule has 5 atom stereocenters. The first kappa shape index (κ1) is 27.8. The van der Waals surface area contributed by atoms with Crippen molar-refractivity contribution in [1.82, 2.24) is 5.32 Å². The number of hydrogen-bond donors (Lipinski definition) is 6. The van der Waals surface area contributed by atoms with Crippen molar-refractivity contribution in [2.24, 2.45) is 23.5 Å². The Morgan fingerprint density at radius 2 is 1.93 bits per heavy atom. The first-order chi connectivity index (χ1) is 19.0. The molecule has 0 aliphatic heterocycles. The summed E-state index contributed by atoms with van der Waals surface area (Å²) >= 11 is 0. The summed E-state index contributed by atoms with van der Waals surface area (Å²) in [6, 6.07) is 8.45. The van der Waals surface area contributed by atoms with E-state index >= 15 is 0 Å². The number of alkyl halides is 1. The van der Waals surface area contributed by atoms with E-state index < -0.39 is 59.4 Å². The third kappa shape index (κ3) is 4.16. The van der Waals surface area contributed by atoms with E-state index in [1.165, 1.54) is 13.2 Å². The highest BCUT2D eigenvalue weighted by Gasteiger charge is 2.62. The van der Waals surface area contributed by atoms with Crippen molar-refractivity contribution in [3.05, 3.63) is 58.4 Å². The number of nitrogens with one attached hydrogen (secondary N) is 1. The van der Waals surface area contributed by atoms with Crippen molar-refractivity contribution in [3.63, 3.8) is 0 Å². The van der Waals surface area contributed by atoms with Crippen molar-refractivity contribution >= 4 is 17.5 Å². The van der Waals surface area contributed by atoms with Gasteiger partial charge in [-0.25, -0.2) is 4.39 Å². The van der Waals surface area contributed by atoms with Gasteiger partial charge in [0.05, 0.1) is 18.8 Å². The molecule has 0 saturated heterocycles. The van der Waals surface area contributed by atoms with Gasteiger partial charge in [0.1, 0.15) is 29.9 Å². The zero-order chi connectivity index (χ0) is 28.9. The number of Topliss-reactive ketones (excluding diaryl/α,β-unsaturated/α-hetero) is 2. The molecule has 3 aliphatic rings. The quantitative estimate of drug-likeness (QED) is 0.218. The Bertz CT molecular complexity index is 1440. The second kappa shape index (κ2) is 10.3. The average molecular weight is 555 g/mol. The van der Waals surface area contributed by atoms with E-state index in [9.17, 15) is 39.2 Å². The molecule has 10 nitrogen and oxygen atoms in total. The summed E-state index contributed by atoms with van der Waals surface area (Å²) in [7, 11) is 1.50. The molecule has 40 heavy (non-hydrogen) atoms. The summed E-state index contributed by atoms with van der Waals surface area (Å²) in [4.78, 5) is 38.9. The molecule has 5 rings (SSSR count). The van der Waals surface area contributed by atoms with Gasteiger partial charge in [-0.2, -0.15) is 0 Å². The number of nitrogens with two attached hydrogens (primary N) is 1. The van der Waals surface area contributed by atoms with Crippen LogP contribution in [0.3, 0.4) is 0 Å². The van der Waals surface area contributed by atoms with Crippen LogP contribution in [0.1, 0.15) is 34.3 Å². The first-order valence-electron chi connectivity index (χ1n) is 13.1. The normalized spacial score (nSPS) is 27.6. The molecule has 0 heterocycles. The minimum absolute atomic E-state index is 0.0643. The van der Waals surface area contributed by atoms with Crippen LogP contribution in [-0.2, 0) is 22.6 Å². The zero-order valence-corrected chi connectivity index (χ0v) is 21.8. The van der Waals surface area contributed by atoms with Crippen LogP contribution < -0.4 is 15.8 Å². The molecule has 0 aromatic heterocycles. The van der Waals surface area contributed by atoms with E-state index in [0.717, 1.165) is 5.56 Å². The van der Waals surface area contributed by atoms with E-state index in [1.54, 1.807) is 12.1 Å². The molecular weight excluding hydrogens is 523 g/mol. The van der Waals surface area contributed by atoms with Crippen molar-refractivity contribution in [3.8, 4) is 22.6 Å². The number of hydrogen-bond acceptors (Lipinski definition) is 9. The fourth-order valence-electron chi connectivity index (χ4n) is 6.55. The Morgan fingerprint density at radius 3 is 2.60 bits per heavy atom. The Balaban J connectivity index is 1.63. The maximum Gasteiger partial charge on any atom is 0.230 e. The van der Waals surface area contributed by atoms with Crippen LogP contribution in [0.15, 0.2) is 41.7 Å². The number of phenols is 1. The molecule has 0 radical (unpaired) electrons. The SMILES string of the molecule is COc1ccc(CNCCF)cc1-c1ccc(O)c2c1C[C@H]1C[C@H]3CC(O)C(C(N)=O)C(=O)[C@@]3(O)C(O)=C1C2=O. The third-order valence-corrected chi connectivity index (χ3v) is 8.43. The Labute approximate surface area is 229 Å². The van der Waals surface area contributed by atoms with Crippen molar-refractivity contribution in [1.29, 1.82) is 0 Å². The van der Waals surface area contributed by atoms with Crippen LogP contribution in [0.5, 0.6) is 11.5 Å². The number of methoxy groups -OCH3 is 1. The number of aliphatic hydroxyl groups is 3. The maximum absolute atomic E-state index is 13.8. The van der Waals surface area contributed by atoms with E-state index in [0.29, 0.717) is 29.0 Å². The largest absolute Gasteiger partial charge is 0.508 e. The van der Waals surface area contributed by atoms with Gasteiger partial charge in [-0.15, -0.1) is 0 Å². The second-order valence-corrected chi connectivity index (χ2v) is 10.6. The lowest BCUT2D eigenvalue weighted by molar-refractivity contribution is -0.167. The number of allylic oxidation sites excluding steroid dienone is 1. The molecule has 0 spiro atoms. The van der Waals surface area contributed by atoms with Crippen molar-refractivity contribution in [2.75, 3.05) is 20.3 Å². The Hall–Kier alpha value is -3.80. The summed E-state index contributed by atoms with van der Waals surface area (Å²) in [5, 5.41) is 46.9. The fraction of sp³-hybridized carbons (Fsp3) is 0.414. The Morgan fingerprint density at radius 1 is 1.18 bits per heavy atom. The van der Waals surface area contributed by atoms with E-state index in [4.69, 9.17) is 10.5 Å². The van der Waals surface area contributed by atoms with Gasteiger partial charge in [0.15, 0.2) is 17.2 Å². The lowest BCUT2D eigenvalue weighted by atomic mass is 9.57. The van der Waals surface area contributed by atoms with Crippen molar-refractivity contribution in [2.45, 2.75) is 37.5 Å². The summed E-state index contributed by atoms with van der Waals surface area (Å²) in [6.07, 6.45) is -1.38. The molecule has 7 N–H and O–H groups in total.